The van der Waals surface area contributed by atoms with Gasteiger partial charge < -0.3 is 4.74 Å². The fourth-order valence-electron chi connectivity index (χ4n) is 2.31. The number of imide groups is 1. The number of ether oxygens (including phenoxy) is 1. The molecule has 0 fully saturated rings. The summed E-state index contributed by atoms with van der Waals surface area (Å²) in [4.78, 5) is 45.4. The molecule has 0 N–H and O–H groups in total. The van der Waals surface area contributed by atoms with Crippen LogP contribution in [0.1, 0.15) is 44.0 Å². The average Bonchev–Trinajstić information content (AvgIpc) is 2.81. The van der Waals surface area contributed by atoms with E-state index in [1.54, 1.807) is 31.2 Å². The number of carbonyl (C=O) groups is 3. The molecule has 0 aliphatic carbocycles. The summed E-state index contributed by atoms with van der Waals surface area (Å²) in [6.45, 7) is 1.92. The Morgan fingerprint density at radius 1 is 1.17 bits per heavy atom. The molecule has 3 heterocycles. The van der Waals surface area contributed by atoms with E-state index in [-0.39, 0.29) is 30.1 Å². The fourth-order valence-corrected chi connectivity index (χ4v) is 2.31. The van der Waals surface area contributed by atoms with Crippen molar-refractivity contribution in [3.63, 3.8) is 0 Å². The lowest BCUT2D eigenvalue weighted by Gasteiger charge is -2.13. The Balaban J connectivity index is 1.84. The number of rotatable bonds is 4. The molecule has 116 valence electrons. The predicted molar refractivity (Wildman–Crippen MR) is 78.6 cm³/mol. The van der Waals surface area contributed by atoms with E-state index in [4.69, 9.17) is 4.74 Å². The lowest BCUT2D eigenvalue weighted by atomic mass is 10.2. The van der Waals surface area contributed by atoms with Crippen LogP contribution in [0.15, 0.2) is 36.5 Å². The molecule has 7 heteroatoms. The average molecular weight is 311 g/mol. The van der Waals surface area contributed by atoms with Gasteiger partial charge in [0.2, 0.25) is 0 Å². The molecule has 0 atom stereocenters. The minimum Gasteiger partial charge on any atom is -0.461 e. The van der Waals surface area contributed by atoms with Gasteiger partial charge in [-0.05, 0) is 31.2 Å². The Morgan fingerprint density at radius 2 is 2.00 bits per heavy atom. The van der Waals surface area contributed by atoms with Gasteiger partial charge >= 0.3 is 5.97 Å². The van der Waals surface area contributed by atoms with Gasteiger partial charge in [0.05, 0.1) is 24.4 Å². The zero-order chi connectivity index (χ0) is 16.4. The maximum absolute atomic E-state index is 12.3. The molecule has 2 amide bonds. The van der Waals surface area contributed by atoms with E-state index >= 15 is 0 Å². The summed E-state index contributed by atoms with van der Waals surface area (Å²) in [5, 5.41) is 0. The van der Waals surface area contributed by atoms with E-state index < -0.39 is 17.8 Å². The number of hydrogen-bond acceptors (Lipinski definition) is 6. The second kappa shape index (κ2) is 5.96. The highest BCUT2D eigenvalue weighted by molar-refractivity contribution is 6.20. The minimum atomic E-state index is -0.543. The van der Waals surface area contributed by atoms with Crippen LogP contribution in [0.2, 0.25) is 0 Å². The third-order valence-electron chi connectivity index (χ3n) is 3.34. The van der Waals surface area contributed by atoms with Crippen LogP contribution in [-0.2, 0) is 11.3 Å². The monoisotopic (exact) mass is 311 g/mol. The number of amides is 2. The van der Waals surface area contributed by atoms with Crippen LogP contribution >= 0.6 is 0 Å². The number of pyridine rings is 2. The molecule has 3 rings (SSSR count). The molecule has 0 aromatic carbocycles. The normalized spacial score (nSPS) is 13.2. The molecule has 0 saturated carbocycles. The fraction of sp³-hybridized carbons (Fsp3) is 0.188. The molecule has 0 unspecified atom stereocenters. The smallest absolute Gasteiger partial charge is 0.356 e. The van der Waals surface area contributed by atoms with E-state index in [2.05, 4.69) is 9.97 Å². The Bertz CT molecular complexity index is 768. The summed E-state index contributed by atoms with van der Waals surface area (Å²) in [7, 11) is 0. The lowest BCUT2D eigenvalue weighted by molar-refractivity contribution is 0.0519. The van der Waals surface area contributed by atoms with Gasteiger partial charge in [-0.25, -0.2) is 9.78 Å². The number of aromatic nitrogens is 2. The molecule has 1 aliphatic rings. The van der Waals surface area contributed by atoms with Gasteiger partial charge in [0, 0.05) is 6.20 Å². The second-order valence-corrected chi connectivity index (χ2v) is 4.83. The van der Waals surface area contributed by atoms with Crippen LogP contribution in [0.25, 0.3) is 0 Å². The van der Waals surface area contributed by atoms with Crippen molar-refractivity contribution in [3.8, 4) is 0 Å². The van der Waals surface area contributed by atoms with Crippen LogP contribution in [0.3, 0.4) is 0 Å². The van der Waals surface area contributed by atoms with Gasteiger partial charge in [-0.2, -0.15) is 0 Å². The topological polar surface area (TPSA) is 89.5 Å². The van der Waals surface area contributed by atoms with Crippen molar-refractivity contribution in [2.24, 2.45) is 0 Å². The van der Waals surface area contributed by atoms with Gasteiger partial charge in [0.15, 0.2) is 0 Å². The number of carbonyl (C=O) groups excluding carboxylic acids is 3. The van der Waals surface area contributed by atoms with Crippen molar-refractivity contribution in [1.82, 2.24) is 14.9 Å². The molecule has 0 radical (unpaired) electrons. The molecule has 23 heavy (non-hydrogen) atoms. The van der Waals surface area contributed by atoms with Gasteiger partial charge in [0.25, 0.3) is 11.8 Å². The van der Waals surface area contributed by atoms with E-state index in [0.29, 0.717) is 5.69 Å². The third-order valence-corrected chi connectivity index (χ3v) is 3.34. The Labute approximate surface area is 131 Å². The maximum atomic E-state index is 12.3. The lowest BCUT2D eigenvalue weighted by Crippen LogP contribution is -2.29. The molecule has 0 bridgehead atoms. The van der Waals surface area contributed by atoms with Crippen molar-refractivity contribution in [1.29, 1.82) is 0 Å². The highest BCUT2D eigenvalue weighted by atomic mass is 16.5. The summed E-state index contributed by atoms with van der Waals surface area (Å²) in [5.41, 5.74) is 0.974. The zero-order valence-corrected chi connectivity index (χ0v) is 12.4. The molecular formula is C16H13N3O4. The van der Waals surface area contributed by atoms with Crippen LogP contribution in [0.5, 0.6) is 0 Å². The van der Waals surface area contributed by atoms with Crippen molar-refractivity contribution in [3.05, 3.63) is 59.2 Å². The zero-order valence-electron chi connectivity index (χ0n) is 12.4. The van der Waals surface area contributed by atoms with Crippen molar-refractivity contribution < 1.29 is 19.1 Å². The predicted octanol–water partition coefficient (Wildman–Crippen LogP) is 1.45. The number of fused-ring (bicyclic) bond motifs is 1. The molecule has 7 nitrogen and oxygen atoms in total. The summed E-state index contributed by atoms with van der Waals surface area (Å²) in [5.74, 6) is -1.42. The molecule has 1 aliphatic heterocycles. The van der Waals surface area contributed by atoms with Crippen LogP contribution < -0.4 is 0 Å². The second-order valence-electron chi connectivity index (χ2n) is 4.83. The molecule has 2 aromatic heterocycles. The summed E-state index contributed by atoms with van der Waals surface area (Å²) in [6, 6.07) is 7.95. The van der Waals surface area contributed by atoms with Crippen molar-refractivity contribution in [2.45, 2.75) is 13.5 Å². The number of esters is 1. The largest absolute Gasteiger partial charge is 0.461 e. The first-order valence-corrected chi connectivity index (χ1v) is 7.06. The summed E-state index contributed by atoms with van der Waals surface area (Å²) in [6.07, 6.45) is 1.47. The first kappa shape index (κ1) is 14.8. The Hall–Kier alpha value is -3.09. The third kappa shape index (κ3) is 2.68. The standard InChI is InChI=1S/C16H13N3O4/c1-2-23-16(22)12-7-3-5-10(18-12)9-19-14(20)11-6-4-8-17-13(11)15(19)21/h3-8H,2,9H2,1H3. The van der Waals surface area contributed by atoms with Gasteiger partial charge in [0.1, 0.15) is 11.4 Å². The van der Waals surface area contributed by atoms with Crippen LogP contribution in [0, 0.1) is 0 Å². The minimum absolute atomic E-state index is 0.0265. The number of nitrogens with zero attached hydrogens (tertiary/aromatic N) is 3. The van der Waals surface area contributed by atoms with E-state index in [1.165, 1.54) is 12.3 Å². The Kier molecular flexibility index (Phi) is 3.84. The highest BCUT2D eigenvalue weighted by Gasteiger charge is 2.36. The maximum Gasteiger partial charge on any atom is 0.356 e. The van der Waals surface area contributed by atoms with Crippen molar-refractivity contribution in [2.75, 3.05) is 6.61 Å². The summed E-state index contributed by atoms with van der Waals surface area (Å²) >= 11 is 0. The first-order chi connectivity index (χ1) is 11.1. The molecule has 0 spiro atoms. The Morgan fingerprint density at radius 3 is 2.74 bits per heavy atom. The number of hydrogen-bond donors (Lipinski definition) is 0. The van der Waals surface area contributed by atoms with Gasteiger partial charge in [-0.1, -0.05) is 6.07 Å². The van der Waals surface area contributed by atoms with Gasteiger partial charge in [-0.3, -0.25) is 19.5 Å². The van der Waals surface area contributed by atoms with E-state index in [1.807, 2.05) is 0 Å². The molecule has 2 aromatic rings. The highest BCUT2D eigenvalue weighted by Crippen LogP contribution is 2.22. The molecular weight excluding hydrogens is 298 g/mol. The quantitative estimate of drug-likeness (QED) is 0.627. The first-order valence-electron chi connectivity index (χ1n) is 7.06. The van der Waals surface area contributed by atoms with E-state index in [0.717, 1.165) is 4.90 Å². The summed E-state index contributed by atoms with van der Waals surface area (Å²) < 4.78 is 4.89. The SMILES string of the molecule is CCOC(=O)c1cccc(CN2C(=O)c3cccnc3C2=O)n1. The van der Waals surface area contributed by atoms with Crippen LogP contribution in [-0.4, -0.2) is 39.3 Å². The van der Waals surface area contributed by atoms with Crippen molar-refractivity contribution >= 4 is 17.8 Å². The molecule has 0 saturated heterocycles. The van der Waals surface area contributed by atoms with E-state index in [9.17, 15) is 14.4 Å². The van der Waals surface area contributed by atoms with Crippen LogP contribution in [0.4, 0.5) is 0 Å². The van der Waals surface area contributed by atoms with Gasteiger partial charge in [-0.15, -0.1) is 0 Å².